The van der Waals surface area contributed by atoms with E-state index in [1.54, 1.807) is 55.5 Å². The summed E-state index contributed by atoms with van der Waals surface area (Å²) < 4.78 is 48.0. The molecule has 6 heteroatoms. The summed E-state index contributed by atoms with van der Waals surface area (Å²) in [7, 11) is 0. The second-order valence-electron chi connectivity index (χ2n) is 5.96. The van der Waals surface area contributed by atoms with Crippen LogP contribution in [0.15, 0.2) is 54.6 Å². The Kier molecular flexibility index (Phi) is 4.45. The van der Waals surface area contributed by atoms with E-state index in [2.05, 4.69) is 5.32 Å². The molecule has 3 nitrogen and oxygen atoms in total. The van der Waals surface area contributed by atoms with E-state index in [9.17, 15) is 18.0 Å². The Labute approximate surface area is 143 Å². The highest BCUT2D eigenvalue weighted by Crippen LogP contribution is 2.53. The number of carbonyl (C=O) groups excluding carboxylic acids is 1. The predicted octanol–water partition coefficient (Wildman–Crippen LogP) is 4.29. The summed E-state index contributed by atoms with van der Waals surface area (Å²) in [6.45, 7) is 1.62. The molecule has 0 saturated carbocycles. The molecule has 0 fully saturated rings. The molecule has 2 aromatic rings. The average Bonchev–Trinajstić information content (AvgIpc) is 2.92. The van der Waals surface area contributed by atoms with Gasteiger partial charge in [-0.05, 0) is 36.6 Å². The lowest BCUT2D eigenvalue weighted by atomic mass is 9.82. The summed E-state index contributed by atoms with van der Waals surface area (Å²) in [6, 6.07) is 14.4. The SMILES string of the molecule is CCOC(=O)[C@H]1Cc2ccccc2[C@]1(Nc1ccccc1)C(F)(F)F. The van der Waals surface area contributed by atoms with Crippen LogP contribution in [0, 0.1) is 5.92 Å². The maximum atomic E-state index is 14.4. The minimum Gasteiger partial charge on any atom is -0.466 e. The first-order valence-corrected chi connectivity index (χ1v) is 8.05. The van der Waals surface area contributed by atoms with Crippen LogP contribution in [0.1, 0.15) is 18.1 Å². The van der Waals surface area contributed by atoms with Crippen LogP contribution in [-0.4, -0.2) is 18.8 Å². The fourth-order valence-corrected chi connectivity index (χ4v) is 3.47. The van der Waals surface area contributed by atoms with E-state index in [-0.39, 0.29) is 18.6 Å². The fraction of sp³-hybridized carbons (Fsp3) is 0.316. The van der Waals surface area contributed by atoms with Crippen LogP contribution in [-0.2, 0) is 21.5 Å². The van der Waals surface area contributed by atoms with Gasteiger partial charge in [0.15, 0.2) is 5.54 Å². The Bertz CT molecular complexity index is 761. The molecular weight excluding hydrogens is 331 g/mol. The first-order chi connectivity index (χ1) is 11.9. The average molecular weight is 349 g/mol. The van der Waals surface area contributed by atoms with E-state index < -0.39 is 23.6 Å². The van der Waals surface area contributed by atoms with Gasteiger partial charge < -0.3 is 10.1 Å². The van der Waals surface area contributed by atoms with Crippen molar-refractivity contribution < 1.29 is 22.7 Å². The molecule has 1 N–H and O–H groups in total. The number of carbonyl (C=O) groups is 1. The Balaban J connectivity index is 2.18. The van der Waals surface area contributed by atoms with Gasteiger partial charge in [-0.15, -0.1) is 0 Å². The molecule has 0 unspecified atom stereocenters. The zero-order chi connectivity index (χ0) is 18.1. The molecule has 0 spiro atoms. The van der Waals surface area contributed by atoms with Gasteiger partial charge in [-0.2, -0.15) is 13.2 Å². The molecule has 0 bridgehead atoms. The van der Waals surface area contributed by atoms with Gasteiger partial charge in [-0.25, -0.2) is 0 Å². The molecule has 0 aliphatic heterocycles. The number of ether oxygens (including phenoxy) is 1. The molecule has 25 heavy (non-hydrogen) atoms. The minimum atomic E-state index is -4.69. The van der Waals surface area contributed by atoms with Crippen LogP contribution in [0.4, 0.5) is 18.9 Å². The molecule has 3 rings (SSSR count). The standard InChI is InChI=1S/C19H18F3NO2/c1-2-25-17(24)16-12-13-8-6-7-11-15(13)18(16,19(20,21)22)23-14-9-4-3-5-10-14/h3-11,16,23H,2,12H2,1H3/t16-,18-/m1/s1. The van der Waals surface area contributed by atoms with Crippen molar-refractivity contribution in [1.29, 1.82) is 0 Å². The molecule has 2 atom stereocenters. The number of anilines is 1. The van der Waals surface area contributed by atoms with Crippen molar-refractivity contribution in [3.05, 3.63) is 65.7 Å². The maximum absolute atomic E-state index is 14.4. The number of benzene rings is 2. The molecule has 1 aliphatic carbocycles. The smallest absolute Gasteiger partial charge is 0.416 e. The van der Waals surface area contributed by atoms with Crippen molar-refractivity contribution in [3.8, 4) is 0 Å². The number of esters is 1. The number of hydrogen-bond acceptors (Lipinski definition) is 3. The Morgan fingerprint density at radius 1 is 1.16 bits per heavy atom. The van der Waals surface area contributed by atoms with E-state index in [0.29, 0.717) is 11.3 Å². The number of hydrogen-bond donors (Lipinski definition) is 1. The van der Waals surface area contributed by atoms with Gasteiger partial charge in [0.2, 0.25) is 0 Å². The van der Waals surface area contributed by atoms with Crippen molar-refractivity contribution in [1.82, 2.24) is 0 Å². The molecular formula is C19H18F3NO2. The van der Waals surface area contributed by atoms with E-state index in [4.69, 9.17) is 4.74 Å². The normalized spacial score (nSPS) is 22.3. The minimum absolute atomic E-state index is 0.0195. The number of rotatable bonds is 4. The quantitative estimate of drug-likeness (QED) is 0.837. The van der Waals surface area contributed by atoms with Crippen LogP contribution in [0.2, 0.25) is 0 Å². The summed E-state index contributed by atoms with van der Waals surface area (Å²) in [5.74, 6) is -2.23. The summed E-state index contributed by atoms with van der Waals surface area (Å²) in [5.41, 5.74) is -1.64. The third-order valence-electron chi connectivity index (χ3n) is 4.52. The van der Waals surface area contributed by atoms with Crippen molar-refractivity contribution in [2.24, 2.45) is 5.92 Å². The van der Waals surface area contributed by atoms with Gasteiger partial charge in [-0.1, -0.05) is 42.5 Å². The zero-order valence-electron chi connectivity index (χ0n) is 13.6. The van der Waals surface area contributed by atoms with Crippen LogP contribution >= 0.6 is 0 Å². The number of fused-ring (bicyclic) bond motifs is 1. The highest BCUT2D eigenvalue weighted by Gasteiger charge is 2.66. The van der Waals surface area contributed by atoms with Crippen LogP contribution in [0.5, 0.6) is 0 Å². The molecule has 0 heterocycles. The number of alkyl halides is 3. The van der Waals surface area contributed by atoms with Crippen molar-refractivity contribution >= 4 is 11.7 Å². The van der Waals surface area contributed by atoms with Gasteiger partial charge in [-0.3, -0.25) is 4.79 Å². The Hall–Kier alpha value is -2.50. The molecule has 0 saturated heterocycles. The van der Waals surface area contributed by atoms with Gasteiger partial charge in [0.25, 0.3) is 0 Å². The summed E-state index contributed by atoms with van der Waals surface area (Å²) in [5, 5.41) is 2.61. The molecule has 0 aromatic heterocycles. The molecule has 2 aromatic carbocycles. The van der Waals surface area contributed by atoms with Gasteiger partial charge in [0.1, 0.15) is 0 Å². The van der Waals surface area contributed by atoms with Crippen LogP contribution in [0.25, 0.3) is 0 Å². The second kappa shape index (κ2) is 6.43. The van der Waals surface area contributed by atoms with Gasteiger partial charge in [0.05, 0.1) is 12.5 Å². The fourth-order valence-electron chi connectivity index (χ4n) is 3.47. The lowest BCUT2D eigenvalue weighted by molar-refractivity contribution is -0.202. The monoisotopic (exact) mass is 349 g/mol. The van der Waals surface area contributed by atoms with E-state index in [0.717, 1.165) is 0 Å². The first-order valence-electron chi connectivity index (χ1n) is 8.05. The maximum Gasteiger partial charge on any atom is 0.416 e. The molecule has 132 valence electrons. The second-order valence-corrected chi connectivity index (χ2v) is 5.96. The van der Waals surface area contributed by atoms with E-state index in [1.165, 1.54) is 6.07 Å². The Morgan fingerprint density at radius 3 is 2.44 bits per heavy atom. The van der Waals surface area contributed by atoms with Crippen molar-refractivity contribution in [2.75, 3.05) is 11.9 Å². The third kappa shape index (κ3) is 2.86. The highest BCUT2D eigenvalue weighted by atomic mass is 19.4. The lowest BCUT2D eigenvalue weighted by Crippen LogP contribution is -2.55. The van der Waals surface area contributed by atoms with Gasteiger partial charge in [0, 0.05) is 5.69 Å². The third-order valence-corrected chi connectivity index (χ3v) is 4.52. The Morgan fingerprint density at radius 2 is 1.80 bits per heavy atom. The topological polar surface area (TPSA) is 38.3 Å². The van der Waals surface area contributed by atoms with E-state index >= 15 is 0 Å². The number of halogens is 3. The summed E-state index contributed by atoms with van der Waals surface area (Å²) in [4.78, 5) is 12.4. The van der Waals surface area contributed by atoms with Crippen molar-refractivity contribution in [3.63, 3.8) is 0 Å². The number of para-hydroxylation sites is 1. The molecule has 0 amide bonds. The summed E-state index contributed by atoms with van der Waals surface area (Å²) >= 11 is 0. The predicted molar refractivity (Wildman–Crippen MR) is 88.1 cm³/mol. The largest absolute Gasteiger partial charge is 0.466 e. The van der Waals surface area contributed by atoms with Crippen LogP contribution < -0.4 is 5.32 Å². The highest BCUT2D eigenvalue weighted by molar-refractivity contribution is 5.78. The number of nitrogens with one attached hydrogen (secondary N) is 1. The molecule has 1 aliphatic rings. The lowest BCUT2D eigenvalue weighted by Gasteiger charge is -2.38. The van der Waals surface area contributed by atoms with Crippen molar-refractivity contribution in [2.45, 2.75) is 25.1 Å². The van der Waals surface area contributed by atoms with Crippen LogP contribution in [0.3, 0.4) is 0 Å². The molecule has 0 radical (unpaired) electrons. The van der Waals surface area contributed by atoms with E-state index in [1.807, 2.05) is 0 Å². The first kappa shape index (κ1) is 17.3. The van der Waals surface area contributed by atoms with Gasteiger partial charge >= 0.3 is 12.1 Å². The zero-order valence-corrected chi connectivity index (χ0v) is 13.6. The summed E-state index contributed by atoms with van der Waals surface area (Å²) in [6.07, 6.45) is -4.71.